The monoisotopic (exact) mass is 299 g/mol. The lowest BCUT2D eigenvalue weighted by Gasteiger charge is -2.34. The van der Waals surface area contributed by atoms with Crippen LogP contribution in [0.4, 0.5) is 0 Å². The average Bonchev–Trinajstić information content (AvgIpc) is 2.70. The maximum atomic E-state index is 6.45. The fraction of sp³-hybridized carbons (Fsp3) is 0.812. The van der Waals surface area contributed by atoms with Crippen LogP contribution in [0.5, 0.6) is 0 Å². The Hall–Kier alpha value is -0.540. The van der Waals surface area contributed by atoms with Gasteiger partial charge in [0.2, 0.25) is 0 Å². The smallest absolute Gasteiger partial charge is 0.0847 e. The average molecular weight is 300 g/mol. The molecule has 1 N–H and O–H groups in total. The lowest BCUT2D eigenvalue weighted by atomic mass is 9.79. The fourth-order valence-electron chi connectivity index (χ4n) is 2.45. The molecule has 0 radical (unpaired) electrons. The summed E-state index contributed by atoms with van der Waals surface area (Å²) < 4.78 is 2.05. The first kappa shape index (κ1) is 17.5. The maximum Gasteiger partial charge on any atom is 0.0847 e. The van der Waals surface area contributed by atoms with E-state index in [0.29, 0.717) is 6.04 Å². The highest BCUT2D eigenvalue weighted by Gasteiger charge is 2.29. The molecule has 0 amide bonds. The first-order valence-electron chi connectivity index (χ1n) is 7.82. The SMILES string of the molecule is CCCNC(Cc1c(Cl)c(C)nn1CC)C(C)(C)CC. The molecule has 0 fully saturated rings. The van der Waals surface area contributed by atoms with E-state index in [1.165, 1.54) is 5.69 Å². The number of rotatable bonds is 8. The van der Waals surface area contributed by atoms with Gasteiger partial charge in [0, 0.05) is 19.0 Å². The molecule has 0 spiro atoms. The van der Waals surface area contributed by atoms with Crippen LogP contribution in [-0.2, 0) is 13.0 Å². The summed E-state index contributed by atoms with van der Waals surface area (Å²) in [6, 6.07) is 0.423. The number of halogens is 1. The number of hydrogen-bond acceptors (Lipinski definition) is 2. The van der Waals surface area contributed by atoms with Crippen LogP contribution in [0, 0.1) is 12.3 Å². The van der Waals surface area contributed by atoms with E-state index in [1.807, 2.05) is 11.6 Å². The molecule has 0 saturated carbocycles. The molecule has 0 bridgehead atoms. The van der Waals surface area contributed by atoms with Gasteiger partial charge in [-0.2, -0.15) is 5.10 Å². The van der Waals surface area contributed by atoms with Crippen molar-refractivity contribution in [1.82, 2.24) is 15.1 Å². The quantitative estimate of drug-likeness (QED) is 0.779. The molecule has 4 heteroatoms. The molecule has 1 unspecified atom stereocenters. The molecule has 116 valence electrons. The van der Waals surface area contributed by atoms with E-state index in [9.17, 15) is 0 Å². The standard InChI is InChI=1S/C16H30ClN3/c1-7-10-18-14(16(5,6)8-2)11-13-15(17)12(4)19-20(13)9-3/h14,18H,7-11H2,1-6H3. The first-order chi connectivity index (χ1) is 9.37. The van der Waals surface area contributed by atoms with Crippen LogP contribution in [0.2, 0.25) is 5.02 Å². The van der Waals surface area contributed by atoms with Gasteiger partial charge in [0.25, 0.3) is 0 Å². The largest absolute Gasteiger partial charge is 0.313 e. The van der Waals surface area contributed by atoms with Gasteiger partial charge >= 0.3 is 0 Å². The Morgan fingerprint density at radius 3 is 2.45 bits per heavy atom. The lowest BCUT2D eigenvalue weighted by Crippen LogP contribution is -2.44. The molecule has 0 aromatic carbocycles. The molecule has 20 heavy (non-hydrogen) atoms. The van der Waals surface area contributed by atoms with Gasteiger partial charge in [0.15, 0.2) is 0 Å². The van der Waals surface area contributed by atoms with Crippen molar-refractivity contribution in [3.05, 3.63) is 16.4 Å². The van der Waals surface area contributed by atoms with Gasteiger partial charge in [-0.05, 0) is 38.6 Å². The highest BCUT2D eigenvalue weighted by molar-refractivity contribution is 6.31. The highest BCUT2D eigenvalue weighted by atomic mass is 35.5. The van der Waals surface area contributed by atoms with Crippen molar-refractivity contribution < 1.29 is 0 Å². The number of nitrogens with zero attached hydrogens (tertiary/aromatic N) is 2. The Kier molecular flexibility index (Phi) is 6.53. The molecule has 1 atom stereocenters. The number of nitrogens with one attached hydrogen (secondary N) is 1. The van der Waals surface area contributed by atoms with E-state index >= 15 is 0 Å². The predicted molar refractivity (Wildman–Crippen MR) is 87.5 cm³/mol. The summed E-state index contributed by atoms with van der Waals surface area (Å²) in [6.45, 7) is 15.1. The van der Waals surface area contributed by atoms with Crippen LogP contribution in [0.25, 0.3) is 0 Å². The van der Waals surface area contributed by atoms with Crippen molar-refractivity contribution >= 4 is 11.6 Å². The van der Waals surface area contributed by atoms with E-state index in [-0.39, 0.29) is 5.41 Å². The minimum absolute atomic E-state index is 0.245. The van der Waals surface area contributed by atoms with Crippen molar-refractivity contribution in [2.24, 2.45) is 5.41 Å². The third-order valence-corrected chi connectivity index (χ3v) is 4.84. The Labute approximate surface area is 129 Å². The van der Waals surface area contributed by atoms with E-state index in [4.69, 9.17) is 11.6 Å². The Morgan fingerprint density at radius 1 is 1.30 bits per heavy atom. The van der Waals surface area contributed by atoms with Crippen molar-refractivity contribution in [2.75, 3.05) is 6.54 Å². The van der Waals surface area contributed by atoms with E-state index in [1.54, 1.807) is 0 Å². The molecular weight excluding hydrogens is 270 g/mol. The molecule has 1 aromatic rings. The second-order valence-corrected chi connectivity index (χ2v) is 6.59. The Morgan fingerprint density at radius 2 is 1.95 bits per heavy atom. The first-order valence-corrected chi connectivity index (χ1v) is 8.20. The molecule has 1 aromatic heterocycles. The van der Waals surface area contributed by atoms with Crippen molar-refractivity contribution in [3.63, 3.8) is 0 Å². The minimum atomic E-state index is 0.245. The second-order valence-electron chi connectivity index (χ2n) is 6.21. The van der Waals surface area contributed by atoms with Crippen molar-refractivity contribution in [1.29, 1.82) is 0 Å². The van der Waals surface area contributed by atoms with Crippen molar-refractivity contribution in [3.8, 4) is 0 Å². The third kappa shape index (κ3) is 3.98. The summed E-state index contributed by atoms with van der Waals surface area (Å²) >= 11 is 6.45. The fourth-order valence-corrected chi connectivity index (χ4v) is 2.66. The van der Waals surface area contributed by atoms with E-state index in [2.05, 4.69) is 45.0 Å². The topological polar surface area (TPSA) is 29.9 Å². The highest BCUT2D eigenvalue weighted by Crippen LogP contribution is 2.30. The molecule has 1 rings (SSSR count). The van der Waals surface area contributed by atoms with Crippen LogP contribution in [0.1, 0.15) is 58.8 Å². The molecule has 0 aliphatic carbocycles. The van der Waals surface area contributed by atoms with Gasteiger partial charge < -0.3 is 5.32 Å². The zero-order valence-electron chi connectivity index (χ0n) is 13.9. The number of hydrogen-bond donors (Lipinski definition) is 1. The van der Waals surface area contributed by atoms with Gasteiger partial charge in [-0.25, -0.2) is 0 Å². The third-order valence-electron chi connectivity index (χ3n) is 4.35. The summed E-state index contributed by atoms with van der Waals surface area (Å²) in [4.78, 5) is 0. The summed E-state index contributed by atoms with van der Waals surface area (Å²) in [5, 5.41) is 9.06. The maximum absolute atomic E-state index is 6.45. The molecule has 3 nitrogen and oxygen atoms in total. The molecule has 0 aliphatic heterocycles. The molecule has 0 saturated heterocycles. The molecule has 1 heterocycles. The van der Waals surface area contributed by atoms with Gasteiger partial charge in [0.05, 0.1) is 16.4 Å². The van der Waals surface area contributed by atoms with E-state index in [0.717, 1.165) is 43.1 Å². The second kappa shape index (κ2) is 7.46. The van der Waals surface area contributed by atoms with Gasteiger partial charge in [0.1, 0.15) is 0 Å². The van der Waals surface area contributed by atoms with Crippen LogP contribution in [0.15, 0.2) is 0 Å². The van der Waals surface area contributed by atoms with Gasteiger partial charge in [-0.15, -0.1) is 0 Å². The van der Waals surface area contributed by atoms with Crippen LogP contribution < -0.4 is 5.32 Å². The van der Waals surface area contributed by atoms with Gasteiger partial charge in [-0.3, -0.25) is 4.68 Å². The summed E-state index contributed by atoms with van der Waals surface area (Å²) in [7, 11) is 0. The minimum Gasteiger partial charge on any atom is -0.313 e. The van der Waals surface area contributed by atoms with Gasteiger partial charge in [-0.1, -0.05) is 39.3 Å². The predicted octanol–water partition coefficient (Wildman–Crippen LogP) is 4.21. The summed E-state index contributed by atoms with van der Waals surface area (Å²) in [6.07, 6.45) is 3.23. The zero-order chi connectivity index (χ0) is 15.3. The molecule has 0 aliphatic rings. The lowest BCUT2D eigenvalue weighted by molar-refractivity contribution is 0.227. The number of aryl methyl sites for hydroxylation is 2. The van der Waals surface area contributed by atoms with Crippen LogP contribution in [0.3, 0.4) is 0 Å². The van der Waals surface area contributed by atoms with Crippen molar-refractivity contribution in [2.45, 2.75) is 73.4 Å². The van der Waals surface area contributed by atoms with Crippen LogP contribution >= 0.6 is 11.6 Å². The normalized spacial score (nSPS) is 13.8. The van der Waals surface area contributed by atoms with Crippen LogP contribution in [-0.4, -0.2) is 22.4 Å². The van der Waals surface area contributed by atoms with E-state index < -0.39 is 0 Å². The summed E-state index contributed by atoms with van der Waals surface area (Å²) in [5.74, 6) is 0. The Balaban J connectivity index is 3.00. The number of aromatic nitrogens is 2. The Bertz CT molecular complexity index is 424. The molecular formula is C16H30ClN3. The zero-order valence-corrected chi connectivity index (χ0v) is 14.6. The summed E-state index contributed by atoms with van der Waals surface area (Å²) in [5.41, 5.74) is 2.35.